The fourth-order valence-electron chi connectivity index (χ4n) is 5.41. The van der Waals surface area contributed by atoms with Gasteiger partial charge in [-0.3, -0.25) is 9.69 Å². The highest BCUT2D eigenvalue weighted by molar-refractivity contribution is 5.47. The first-order valence-electron chi connectivity index (χ1n) is 14.2. The quantitative estimate of drug-likeness (QED) is 0.600. The number of amides is 1. The van der Waals surface area contributed by atoms with Crippen LogP contribution in [0, 0.1) is 5.92 Å². The number of carbonyl (C=O) groups excluding carboxylic acids is 1. The number of hydrogen-bond acceptors (Lipinski definition) is 5. The van der Waals surface area contributed by atoms with E-state index in [4.69, 9.17) is 4.74 Å². The maximum Gasteiger partial charge on any atom is 0.209 e. The first-order chi connectivity index (χ1) is 16.2. The molecule has 1 aliphatic carbocycles. The Hall–Kier alpha value is -0.690. The standard InChI is InChI=1S/C13H25N3O.C11H21NO.C3H8/c1-2-14-5-3-4-13(10-14)11-15-6-8-16(12-17)9-7-15;1-2-4-10(5-3-1)13-11-6-8-12-9-7-11;1-3-2/h12-13H,2-11H2,1H3;10-12H,1-9H2;3H2,1-2H3/t13-;;/m0../s1. The summed E-state index contributed by atoms with van der Waals surface area (Å²) in [5.41, 5.74) is 0. The zero-order valence-electron chi connectivity index (χ0n) is 22.1. The van der Waals surface area contributed by atoms with E-state index in [1.54, 1.807) is 0 Å². The molecule has 1 saturated carbocycles. The van der Waals surface area contributed by atoms with Crippen molar-refractivity contribution in [3.05, 3.63) is 0 Å². The average molecular weight is 467 g/mol. The molecule has 0 radical (unpaired) electrons. The number of nitrogens with zero attached hydrogens (tertiary/aromatic N) is 3. The Labute approximate surface area is 204 Å². The molecule has 3 heterocycles. The van der Waals surface area contributed by atoms with Crippen LogP contribution in [0.15, 0.2) is 0 Å². The van der Waals surface area contributed by atoms with Crippen LogP contribution >= 0.6 is 0 Å². The van der Waals surface area contributed by atoms with Gasteiger partial charge >= 0.3 is 0 Å². The largest absolute Gasteiger partial charge is 0.375 e. The Morgan fingerprint density at radius 1 is 0.788 bits per heavy atom. The summed E-state index contributed by atoms with van der Waals surface area (Å²) in [5, 5.41) is 3.37. The van der Waals surface area contributed by atoms with Crippen molar-refractivity contribution in [1.29, 1.82) is 0 Å². The fraction of sp³-hybridized carbons (Fsp3) is 0.963. The lowest BCUT2D eigenvalue weighted by atomic mass is 9.97. The second kappa shape index (κ2) is 17.7. The van der Waals surface area contributed by atoms with E-state index in [9.17, 15) is 4.79 Å². The molecule has 4 rings (SSSR count). The van der Waals surface area contributed by atoms with Crippen LogP contribution in [-0.4, -0.2) is 98.8 Å². The monoisotopic (exact) mass is 466 g/mol. The number of nitrogens with one attached hydrogen (secondary N) is 1. The minimum Gasteiger partial charge on any atom is -0.375 e. The van der Waals surface area contributed by atoms with Gasteiger partial charge < -0.3 is 19.9 Å². The summed E-state index contributed by atoms with van der Waals surface area (Å²) >= 11 is 0. The topological polar surface area (TPSA) is 48.1 Å². The minimum atomic E-state index is 0.560. The molecule has 0 aromatic rings. The molecule has 6 nitrogen and oxygen atoms in total. The number of likely N-dealkylation sites (tertiary alicyclic amines) is 1. The molecule has 1 N–H and O–H groups in total. The van der Waals surface area contributed by atoms with Crippen LogP contribution in [0.1, 0.15) is 85.0 Å². The molecule has 6 heteroatoms. The van der Waals surface area contributed by atoms with Gasteiger partial charge in [-0.15, -0.1) is 0 Å². The second-order valence-corrected chi connectivity index (χ2v) is 10.4. The number of hydrogen-bond donors (Lipinski definition) is 1. The van der Waals surface area contributed by atoms with Gasteiger partial charge in [-0.2, -0.15) is 0 Å². The zero-order chi connectivity index (χ0) is 23.7. The van der Waals surface area contributed by atoms with Gasteiger partial charge in [-0.1, -0.05) is 46.5 Å². The van der Waals surface area contributed by atoms with Crippen LogP contribution in [0.4, 0.5) is 0 Å². The summed E-state index contributed by atoms with van der Waals surface area (Å²) in [4.78, 5) is 17.6. The van der Waals surface area contributed by atoms with E-state index < -0.39 is 0 Å². The third-order valence-electron chi connectivity index (χ3n) is 7.35. The molecular weight excluding hydrogens is 412 g/mol. The Balaban J connectivity index is 0.000000214. The number of rotatable bonds is 6. The molecule has 0 bridgehead atoms. The van der Waals surface area contributed by atoms with Gasteiger partial charge in [0.05, 0.1) is 12.2 Å². The number of ether oxygens (including phenoxy) is 1. The number of carbonyl (C=O) groups is 1. The van der Waals surface area contributed by atoms with Gasteiger partial charge in [0.2, 0.25) is 6.41 Å². The van der Waals surface area contributed by atoms with Gasteiger partial charge in [0.25, 0.3) is 0 Å². The summed E-state index contributed by atoms with van der Waals surface area (Å²) in [6, 6.07) is 0. The molecule has 3 saturated heterocycles. The fourth-order valence-corrected chi connectivity index (χ4v) is 5.41. The molecule has 3 aliphatic heterocycles. The molecule has 1 atom stereocenters. The van der Waals surface area contributed by atoms with E-state index in [0.29, 0.717) is 12.2 Å². The molecular formula is C27H54N4O2. The van der Waals surface area contributed by atoms with Crippen molar-refractivity contribution in [3.63, 3.8) is 0 Å². The van der Waals surface area contributed by atoms with E-state index >= 15 is 0 Å². The summed E-state index contributed by atoms with van der Waals surface area (Å²) in [5.74, 6) is 0.839. The zero-order valence-corrected chi connectivity index (χ0v) is 22.1. The van der Waals surface area contributed by atoms with E-state index in [1.165, 1.54) is 90.4 Å². The summed E-state index contributed by atoms with van der Waals surface area (Å²) in [7, 11) is 0. The van der Waals surface area contributed by atoms with Crippen molar-refractivity contribution in [3.8, 4) is 0 Å². The molecule has 1 amide bonds. The van der Waals surface area contributed by atoms with E-state index in [1.807, 2.05) is 4.90 Å². The molecule has 4 aliphatic rings. The Kier molecular flexibility index (Phi) is 15.3. The molecule has 0 aromatic carbocycles. The lowest BCUT2D eigenvalue weighted by Gasteiger charge is -2.38. The normalized spacial score (nSPS) is 26.0. The van der Waals surface area contributed by atoms with Gasteiger partial charge in [0.1, 0.15) is 0 Å². The third-order valence-corrected chi connectivity index (χ3v) is 7.35. The van der Waals surface area contributed by atoms with Crippen LogP contribution < -0.4 is 5.32 Å². The predicted octanol–water partition coefficient (Wildman–Crippen LogP) is 4.00. The van der Waals surface area contributed by atoms with Crippen LogP contribution in [0.3, 0.4) is 0 Å². The third kappa shape index (κ3) is 12.0. The molecule has 194 valence electrons. The van der Waals surface area contributed by atoms with Gasteiger partial charge in [0, 0.05) is 39.3 Å². The number of piperazine rings is 1. The van der Waals surface area contributed by atoms with Crippen molar-refractivity contribution in [2.75, 3.05) is 65.4 Å². The summed E-state index contributed by atoms with van der Waals surface area (Å²) < 4.78 is 6.09. The smallest absolute Gasteiger partial charge is 0.209 e. The highest BCUT2D eigenvalue weighted by atomic mass is 16.5. The minimum absolute atomic E-state index is 0.560. The summed E-state index contributed by atoms with van der Waals surface area (Å²) in [6.45, 7) is 17.7. The van der Waals surface area contributed by atoms with Crippen LogP contribution in [0.5, 0.6) is 0 Å². The predicted molar refractivity (Wildman–Crippen MR) is 139 cm³/mol. The maximum atomic E-state index is 10.6. The Morgan fingerprint density at radius 3 is 2.03 bits per heavy atom. The highest BCUT2D eigenvalue weighted by Crippen LogP contribution is 2.23. The Morgan fingerprint density at radius 2 is 1.42 bits per heavy atom. The van der Waals surface area contributed by atoms with Gasteiger partial charge in [0.15, 0.2) is 0 Å². The SMILES string of the molecule is C1CCC(OC2CCNCC2)CC1.CCC.CCN1CCC[C@H](CN2CCN(C=O)CC2)C1. The van der Waals surface area contributed by atoms with E-state index in [-0.39, 0.29) is 0 Å². The maximum absolute atomic E-state index is 10.6. The van der Waals surface area contributed by atoms with E-state index in [0.717, 1.165) is 51.6 Å². The van der Waals surface area contributed by atoms with Crippen LogP contribution in [0.2, 0.25) is 0 Å². The molecule has 0 spiro atoms. The van der Waals surface area contributed by atoms with E-state index in [2.05, 4.69) is 35.9 Å². The van der Waals surface area contributed by atoms with Gasteiger partial charge in [-0.25, -0.2) is 0 Å². The summed E-state index contributed by atoms with van der Waals surface area (Å²) in [6.07, 6.45) is 15.4. The molecule has 0 unspecified atom stereocenters. The van der Waals surface area contributed by atoms with Crippen molar-refractivity contribution < 1.29 is 9.53 Å². The molecule has 4 fully saturated rings. The molecule has 0 aromatic heterocycles. The van der Waals surface area contributed by atoms with Crippen LogP contribution in [-0.2, 0) is 9.53 Å². The average Bonchev–Trinajstić information content (AvgIpc) is 2.87. The number of piperidine rings is 2. The highest BCUT2D eigenvalue weighted by Gasteiger charge is 2.23. The van der Waals surface area contributed by atoms with Gasteiger partial charge in [-0.05, 0) is 70.6 Å². The first kappa shape index (κ1) is 28.5. The van der Waals surface area contributed by atoms with Crippen LogP contribution in [0.25, 0.3) is 0 Å². The van der Waals surface area contributed by atoms with Crippen molar-refractivity contribution in [2.24, 2.45) is 5.92 Å². The van der Waals surface area contributed by atoms with Crippen molar-refractivity contribution >= 4 is 6.41 Å². The molecule has 33 heavy (non-hydrogen) atoms. The van der Waals surface area contributed by atoms with Crippen molar-refractivity contribution in [1.82, 2.24) is 20.0 Å². The first-order valence-corrected chi connectivity index (χ1v) is 14.2. The second-order valence-electron chi connectivity index (χ2n) is 10.4. The Bertz CT molecular complexity index is 457. The van der Waals surface area contributed by atoms with Crippen molar-refractivity contribution in [2.45, 2.75) is 97.2 Å². The lowest BCUT2D eigenvalue weighted by Crippen LogP contribution is -2.49. The lowest BCUT2D eigenvalue weighted by molar-refractivity contribution is -0.119.